The van der Waals surface area contributed by atoms with Crippen molar-refractivity contribution in [1.29, 1.82) is 0 Å². The van der Waals surface area contributed by atoms with Crippen molar-refractivity contribution in [3.05, 3.63) is 170 Å². The van der Waals surface area contributed by atoms with Crippen LogP contribution < -0.4 is 4.46 Å². The second kappa shape index (κ2) is 12.6. The van der Waals surface area contributed by atoms with Gasteiger partial charge < -0.3 is 0 Å². The van der Waals surface area contributed by atoms with Crippen LogP contribution in [0.5, 0.6) is 0 Å². The second-order valence-electron chi connectivity index (χ2n) is 11.4. The third-order valence-electron chi connectivity index (χ3n) is 8.41. The Kier molecular flexibility index (Phi) is 7.72. The van der Waals surface area contributed by atoms with Crippen molar-refractivity contribution in [2.75, 3.05) is 0 Å². The molecule has 0 bridgehead atoms. The Morgan fingerprint density at radius 1 is 0.319 bits per heavy atom. The SMILES string of the molecule is [Se]c1ccccc1-c1cccc(-c2cccc3cc(-c4nc(-c5ccccc5)nc(-c5cccc(-c6ccccc6)c5)n4)ccc23)c1. The average molecular weight is 666 g/mol. The third-order valence-corrected chi connectivity index (χ3v) is 9.15. The first-order chi connectivity index (χ1) is 23.2. The monoisotopic (exact) mass is 666 g/mol. The van der Waals surface area contributed by atoms with Gasteiger partial charge in [0.2, 0.25) is 0 Å². The fourth-order valence-corrected chi connectivity index (χ4v) is 6.61. The van der Waals surface area contributed by atoms with E-state index in [1.807, 2.05) is 36.4 Å². The molecule has 0 unspecified atom stereocenters. The number of fused-ring (bicyclic) bond motifs is 1. The van der Waals surface area contributed by atoms with Crippen molar-refractivity contribution in [3.63, 3.8) is 0 Å². The van der Waals surface area contributed by atoms with E-state index in [1.54, 1.807) is 0 Å². The summed E-state index contributed by atoms with van der Waals surface area (Å²) in [4.78, 5) is 15.0. The summed E-state index contributed by atoms with van der Waals surface area (Å²) >= 11 is 3.20. The standard InChI is InChI=1S/C43H28N3Se/c47-40-23-8-7-21-39(40)34-18-10-17-32(27-34)37-22-11-19-33-28-36(24-25-38(33)37)43-45-41(30-14-5-2-6-15-30)44-42(46-43)35-20-9-16-31(26-35)29-12-3-1-4-13-29/h1-28H. The zero-order chi connectivity index (χ0) is 31.6. The molecule has 8 aromatic rings. The van der Waals surface area contributed by atoms with Gasteiger partial charge in [0, 0.05) is 11.1 Å². The Labute approximate surface area is 282 Å². The molecule has 0 aliphatic carbocycles. The summed E-state index contributed by atoms with van der Waals surface area (Å²) in [5, 5.41) is 2.31. The molecular weight excluding hydrogens is 637 g/mol. The van der Waals surface area contributed by atoms with Gasteiger partial charge in [-0.05, 0) is 17.2 Å². The van der Waals surface area contributed by atoms with Crippen LogP contribution in [0.4, 0.5) is 0 Å². The zero-order valence-electron chi connectivity index (χ0n) is 25.4. The molecule has 47 heavy (non-hydrogen) atoms. The molecule has 0 saturated heterocycles. The van der Waals surface area contributed by atoms with Crippen LogP contribution in [0.3, 0.4) is 0 Å². The molecule has 0 atom stereocenters. The summed E-state index contributed by atoms with van der Waals surface area (Å²) in [6, 6.07) is 59.0. The Morgan fingerprint density at radius 3 is 1.53 bits per heavy atom. The first-order valence-electron chi connectivity index (χ1n) is 15.6. The van der Waals surface area contributed by atoms with Crippen LogP contribution in [0.2, 0.25) is 0 Å². The second-order valence-corrected chi connectivity index (χ2v) is 12.4. The minimum absolute atomic E-state index is 0.643. The molecule has 0 saturated carbocycles. The number of rotatable bonds is 6. The van der Waals surface area contributed by atoms with Gasteiger partial charge in [0.15, 0.2) is 11.6 Å². The molecule has 1 heterocycles. The summed E-state index contributed by atoms with van der Waals surface area (Å²) in [6.07, 6.45) is 0. The summed E-state index contributed by atoms with van der Waals surface area (Å²) < 4.78 is 1.14. The molecule has 4 heteroatoms. The molecule has 221 valence electrons. The van der Waals surface area contributed by atoms with Gasteiger partial charge in [-0.2, -0.15) is 0 Å². The molecule has 0 N–H and O–H groups in total. The first kappa shape index (κ1) is 28.8. The van der Waals surface area contributed by atoms with Crippen LogP contribution >= 0.6 is 0 Å². The predicted octanol–water partition coefficient (Wildman–Crippen LogP) is 9.82. The predicted molar refractivity (Wildman–Crippen MR) is 195 cm³/mol. The molecule has 0 spiro atoms. The first-order valence-corrected chi connectivity index (χ1v) is 16.4. The third kappa shape index (κ3) is 5.89. The normalized spacial score (nSPS) is 11.1. The van der Waals surface area contributed by atoms with E-state index in [-0.39, 0.29) is 0 Å². The zero-order valence-corrected chi connectivity index (χ0v) is 27.1. The number of hydrogen-bond acceptors (Lipinski definition) is 3. The Bertz CT molecular complexity index is 2370. The average Bonchev–Trinajstić information content (AvgIpc) is 3.15. The maximum absolute atomic E-state index is 5.05. The molecule has 0 amide bonds. The van der Waals surface area contributed by atoms with E-state index in [4.69, 9.17) is 15.0 Å². The molecule has 0 aliphatic rings. The van der Waals surface area contributed by atoms with Gasteiger partial charge in [-0.25, -0.2) is 4.98 Å². The Hall–Kier alpha value is -5.67. The van der Waals surface area contributed by atoms with E-state index in [2.05, 4.69) is 149 Å². The van der Waals surface area contributed by atoms with Crippen LogP contribution in [0.15, 0.2) is 170 Å². The van der Waals surface area contributed by atoms with Crippen molar-refractivity contribution < 1.29 is 0 Å². The summed E-state index contributed by atoms with van der Waals surface area (Å²) in [5.41, 5.74) is 9.86. The van der Waals surface area contributed by atoms with Crippen molar-refractivity contribution in [2.45, 2.75) is 0 Å². The van der Waals surface area contributed by atoms with E-state index in [1.165, 1.54) is 27.6 Å². The number of hydrogen-bond donors (Lipinski definition) is 0. The molecule has 1 radical (unpaired) electrons. The van der Waals surface area contributed by atoms with Crippen molar-refractivity contribution in [3.8, 4) is 67.5 Å². The van der Waals surface area contributed by atoms with Gasteiger partial charge in [-0.3, -0.25) is 0 Å². The van der Waals surface area contributed by atoms with E-state index in [0.29, 0.717) is 17.5 Å². The maximum atomic E-state index is 5.05. The fraction of sp³-hybridized carbons (Fsp3) is 0. The van der Waals surface area contributed by atoms with E-state index in [9.17, 15) is 0 Å². The van der Waals surface area contributed by atoms with E-state index >= 15 is 0 Å². The van der Waals surface area contributed by atoms with Gasteiger partial charge in [0.25, 0.3) is 0 Å². The van der Waals surface area contributed by atoms with Gasteiger partial charge in [0.05, 0.1) is 0 Å². The Morgan fingerprint density at radius 2 is 0.809 bits per heavy atom. The van der Waals surface area contributed by atoms with Crippen LogP contribution in [-0.2, 0) is 0 Å². The van der Waals surface area contributed by atoms with Crippen LogP contribution in [-0.4, -0.2) is 31.0 Å². The van der Waals surface area contributed by atoms with Crippen molar-refractivity contribution in [2.24, 2.45) is 0 Å². The van der Waals surface area contributed by atoms with Crippen LogP contribution in [0.25, 0.3) is 78.3 Å². The quantitative estimate of drug-likeness (QED) is 0.166. The van der Waals surface area contributed by atoms with Crippen molar-refractivity contribution >= 4 is 31.2 Å². The molecular formula is C43H28N3Se. The summed E-state index contributed by atoms with van der Waals surface area (Å²) in [7, 11) is 0. The molecule has 0 fully saturated rings. The number of nitrogens with zero attached hydrogens (tertiary/aromatic N) is 3. The molecule has 7 aromatic carbocycles. The number of aromatic nitrogens is 3. The summed E-state index contributed by atoms with van der Waals surface area (Å²) in [6.45, 7) is 0. The molecule has 0 aliphatic heterocycles. The van der Waals surface area contributed by atoms with Gasteiger partial charge >= 0.3 is 160 Å². The van der Waals surface area contributed by atoms with Gasteiger partial charge in [0.1, 0.15) is 0 Å². The minimum atomic E-state index is 0.643. The van der Waals surface area contributed by atoms with Gasteiger partial charge in [-0.15, -0.1) is 0 Å². The molecule has 8 rings (SSSR count). The Balaban J connectivity index is 1.23. The fourth-order valence-electron chi connectivity index (χ4n) is 6.05. The van der Waals surface area contributed by atoms with Crippen LogP contribution in [0, 0.1) is 0 Å². The summed E-state index contributed by atoms with van der Waals surface area (Å²) in [5.74, 6) is 1.93. The van der Waals surface area contributed by atoms with Gasteiger partial charge in [-0.1, -0.05) is 78.9 Å². The topological polar surface area (TPSA) is 38.7 Å². The van der Waals surface area contributed by atoms with E-state index < -0.39 is 0 Å². The number of benzene rings is 7. The molecule has 3 nitrogen and oxygen atoms in total. The van der Waals surface area contributed by atoms with Crippen LogP contribution in [0.1, 0.15) is 0 Å². The molecule has 1 aromatic heterocycles. The van der Waals surface area contributed by atoms with Crippen molar-refractivity contribution in [1.82, 2.24) is 15.0 Å². The van der Waals surface area contributed by atoms with E-state index in [0.717, 1.165) is 37.7 Å².